The Hall–Kier alpha value is -2.94. The van der Waals surface area contributed by atoms with Crippen molar-refractivity contribution in [3.8, 4) is 22.6 Å². The van der Waals surface area contributed by atoms with Gasteiger partial charge in [0.1, 0.15) is 5.75 Å². The molecule has 1 aromatic carbocycles. The number of pyridine rings is 2. The number of ether oxygens (including phenoxy) is 1. The molecule has 3 heterocycles. The van der Waals surface area contributed by atoms with Crippen LogP contribution in [0.4, 0.5) is 0 Å². The highest BCUT2D eigenvalue weighted by molar-refractivity contribution is 9.10. The fourth-order valence-corrected chi connectivity index (χ4v) is 4.22. The molecule has 1 atom stereocenters. The van der Waals surface area contributed by atoms with E-state index in [4.69, 9.17) is 27.9 Å². The van der Waals surface area contributed by atoms with Gasteiger partial charge in [0.15, 0.2) is 5.15 Å². The molecule has 4 aromatic rings. The summed E-state index contributed by atoms with van der Waals surface area (Å²) in [5.41, 5.74) is 2.34. The minimum absolute atomic E-state index is 0.234. The van der Waals surface area contributed by atoms with Gasteiger partial charge in [-0.25, -0.2) is 4.68 Å². The SMILES string of the molecule is C=CCC(c1cc(Br)ccn1)n1cc(OC)c(-c2cc(Cl)ccc2-n2cc(Cl)nn2)cc1=O. The zero-order valence-corrected chi connectivity index (χ0v) is 20.5. The molecule has 0 aliphatic carbocycles. The third-order valence-electron chi connectivity index (χ3n) is 5.04. The van der Waals surface area contributed by atoms with Crippen molar-refractivity contribution in [2.75, 3.05) is 7.11 Å². The predicted octanol–water partition coefficient (Wildman–Crippen LogP) is 5.73. The van der Waals surface area contributed by atoms with E-state index in [1.807, 2.05) is 12.1 Å². The number of aromatic nitrogens is 5. The first kappa shape index (κ1) is 23.2. The van der Waals surface area contributed by atoms with Crippen LogP contribution in [0.2, 0.25) is 10.2 Å². The molecular weight excluding hydrogens is 529 g/mol. The maximum absolute atomic E-state index is 13.3. The van der Waals surface area contributed by atoms with Crippen molar-refractivity contribution in [2.24, 2.45) is 0 Å². The van der Waals surface area contributed by atoms with Gasteiger partial charge in [-0.05, 0) is 36.8 Å². The molecule has 1 unspecified atom stereocenters. The Morgan fingerprint density at radius 3 is 2.67 bits per heavy atom. The molecule has 168 valence electrons. The van der Waals surface area contributed by atoms with Gasteiger partial charge in [0.25, 0.3) is 5.56 Å². The van der Waals surface area contributed by atoms with Gasteiger partial charge in [-0.3, -0.25) is 9.78 Å². The molecule has 10 heteroatoms. The third-order valence-corrected chi connectivity index (χ3v) is 5.94. The maximum atomic E-state index is 13.3. The van der Waals surface area contributed by atoms with Crippen LogP contribution in [0, 0.1) is 0 Å². The lowest BCUT2D eigenvalue weighted by Crippen LogP contribution is -2.25. The van der Waals surface area contributed by atoms with Crippen LogP contribution >= 0.6 is 39.1 Å². The third kappa shape index (κ3) is 4.88. The molecule has 0 radical (unpaired) electrons. The summed E-state index contributed by atoms with van der Waals surface area (Å²) in [6, 6.07) is 10.1. The summed E-state index contributed by atoms with van der Waals surface area (Å²) in [7, 11) is 1.55. The van der Waals surface area contributed by atoms with Crippen molar-refractivity contribution in [3.05, 3.63) is 98.3 Å². The summed E-state index contributed by atoms with van der Waals surface area (Å²) in [5, 5.41) is 8.62. The first-order valence-electron chi connectivity index (χ1n) is 9.82. The van der Waals surface area contributed by atoms with E-state index in [0.29, 0.717) is 34.0 Å². The largest absolute Gasteiger partial charge is 0.495 e. The van der Waals surface area contributed by atoms with E-state index in [2.05, 4.69) is 37.8 Å². The number of benzene rings is 1. The Balaban J connectivity index is 1.90. The standard InChI is InChI=1S/C23H18BrCl2N5O2/c1-3-4-20(18-9-14(24)7-8-27-18)30-12-21(33-2)17(11-23(30)32)16-10-15(25)5-6-19(16)31-13-22(26)28-29-31/h3,5-13,20H,1,4H2,2H3. The van der Waals surface area contributed by atoms with Crippen LogP contribution in [0.5, 0.6) is 5.75 Å². The van der Waals surface area contributed by atoms with Crippen LogP contribution in [0.3, 0.4) is 0 Å². The molecule has 3 aromatic heterocycles. The van der Waals surface area contributed by atoms with Crippen LogP contribution in [-0.2, 0) is 0 Å². The predicted molar refractivity (Wildman–Crippen MR) is 133 cm³/mol. The number of rotatable bonds is 7. The monoisotopic (exact) mass is 545 g/mol. The highest BCUT2D eigenvalue weighted by Crippen LogP contribution is 2.36. The zero-order chi connectivity index (χ0) is 23.5. The molecule has 0 saturated carbocycles. The Labute approximate surface area is 208 Å². The molecule has 0 N–H and O–H groups in total. The van der Waals surface area contributed by atoms with Gasteiger partial charge in [-0.1, -0.05) is 50.4 Å². The van der Waals surface area contributed by atoms with E-state index >= 15 is 0 Å². The number of halogens is 3. The lowest BCUT2D eigenvalue weighted by Gasteiger charge is -2.21. The summed E-state index contributed by atoms with van der Waals surface area (Å²) in [5.74, 6) is 0.480. The average molecular weight is 547 g/mol. The van der Waals surface area contributed by atoms with Crippen molar-refractivity contribution in [3.63, 3.8) is 0 Å². The number of nitrogens with zero attached hydrogens (tertiary/aromatic N) is 5. The van der Waals surface area contributed by atoms with Crippen LogP contribution in [-0.4, -0.2) is 31.7 Å². The van der Waals surface area contributed by atoms with E-state index in [9.17, 15) is 4.79 Å². The average Bonchev–Trinajstić information content (AvgIpc) is 3.23. The Kier molecular flexibility index (Phi) is 6.97. The van der Waals surface area contributed by atoms with Crippen molar-refractivity contribution >= 4 is 39.1 Å². The summed E-state index contributed by atoms with van der Waals surface area (Å²) in [6.45, 7) is 3.84. The molecule has 0 aliphatic rings. The van der Waals surface area contributed by atoms with Gasteiger partial charge in [0, 0.05) is 32.9 Å². The number of hydrogen-bond donors (Lipinski definition) is 0. The van der Waals surface area contributed by atoms with Gasteiger partial charge in [-0.15, -0.1) is 11.7 Å². The second-order valence-corrected chi connectivity index (χ2v) is 8.83. The fourth-order valence-electron chi connectivity index (χ4n) is 3.57. The highest BCUT2D eigenvalue weighted by Gasteiger charge is 2.21. The van der Waals surface area contributed by atoms with Crippen molar-refractivity contribution < 1.29 is 4.74 Å². The molecule has 0 spiro atoms. The second kappa shape index (κ2) is 9.91. The molecule has 0 fully saturated rings. The van der Waals surface area contributed by atoms with Crippen LogP contribution in [0.15, 0.2) is 76.9 Å². The van der Waals surface area contributed by atoms with Gasteiger partial charge < -0.3 is 9.30 Å². The van der Waals surface area contributed by atoms with Crippen LogP contribution in [0.25, 0.3) is 16.8 Å². The Morgan fingerprint density at radius 1 is 1.18 bits per heavy atom. The lowest BCUT2D eigenvalue weighted by atomic mass is 10.0. The van der Waals surface area contributed by atoms with E-state index in [0.717, 1.165) is 10.2 Å². The van der Waals surface area contributed by atoms with Crippen LogP contribution in [0.1, 0.15) is 18.2 Å². The molecule has 7 nitrogen and oxygen atoms in total. The van der Waals surface area contributed by atoms with E-state index in [1.165, 1.54) is 10.7 Å². The normalized spacial score (nSPS) is 11.9. The maximum Gasteiger partial charge on any atom is 0.252 e. The first-order chi connectivity index (χ1) is 15.9. The van der Waals surface area contributed by atoms with E-state index < -0.39 is 0 Å². The molecular formula is C23H18BrCl2N5O2. The minimum atomic E-state index is -0.358. The highest BCUT2D eigenvalue weighted by atomic mass is 79.9. The van der Waals surface area contributed by atoms with Crippen molar-refractivity contribution in [1.82, 2.24) is 24.5 Å². The zero-order valence-electron chi connectivity index (χ0n) is 17.5. The lowest BCUT2D eigenvalue weighted by molar-refractivity contribution is 0.406. The van der Waals surface area contributed by atoms with Gasteiger partial charge in [0.2, 0.25) is 0 Å². The second-order valence-electron chi connectivity index (χ2n) is 7.09. The summed E-state index contributed by atoms with van der Waals surface area (Å²) in [4.78, 5) is 17.8. The number of hydrogen-bond acceptors (Lipinski definition) is 5. The summed E-state index contributed by atoms with van der Waals surface area (Å²) >= 11 is 15.7. The molecule has 0 saturated heterocycles. The van der Waals surface area contributed by atoms with Gasteiger partial charge in [0.05, 0.1) is 36.9 Å². The number of methoxy groups -OCH3 is 1. The quantitative estimate of drug-likeness (QED) is 0.276. The van der Waals surface area contributed by atoms with Crippen molar-refractivity contribution in [1.29, 1.82) is 0 Å². The Bertz CT molecular complexity index is 1390. The fraction of sp³-hybridized carbons (Fsp3) is 0.130. The minimum Gasteiger partial charge on any atom is -0.495 e. The van der Waals surface area contributed by atoms with Gasteiger partial charge >= 0.3 is 0 Å². The van der Waals surface area contributed by atoms with E-state index in [1.54, 1.807) is 54.5 Å². The van der Waals surface area contributed by atoms with Crippen molar-refractivity contribution in [2.45, 2.75) is 12.5 Å². The molecule has 0 aliphatic heterocycles. The molecule has 33 heavy (non-hydrogen) atoms. The smallest absolute Gasteiger partial charge is 0.252 e. The van der Waals surface area contributed by atoms with Crippen LogP contribution < -0.4 is 10.3 Å². The topological polar surface area (TPSA) is 74.8 Å². The molecule has 4 rings (SSSR count). The van der Waals surface area contributed by atoms with Gasteiger partial charge in [-0.2, -0.15) is 0 Å². The van der Waals surface area contributed by atoms with E-state index in [-0.39, 0.29) is 16.8 Å². The summed E-state index contributed by atoms with van der Waals surface area (Å²) in [6.07, 6.45) is 7.19. The Morgan fingerprint density at radius 2 is 2.00 bits per heavy atom. The molecule has 0 amide bonds. The summed E-state index contributed by atoms with van der Waals surface area (Å²) < 4.78 is 9.67. The first-order valence-corrected chi connectivity index (χ1v) is 11.4. The molecule has 0 bridgehead atoms. The number of allylic oxidation sites excluding steroid dienone is 1.